The molecule has 0 radical (unpaired) electrons. The lowest BCUT2D eigenvalue weighted by Crippen LogP contribution is -2.29. The minimum absolute atomic E-state index is 0.0241. The fraction of sp³-hybridized carbons (Fsp3) is 0.617. The second kappa shape index (κ2) is 42.0. The third-order valence-corrected chi connectivity index (χ3v) is 9.51. The minimum Gasteiger partial charge on any atom is -0.462 e. The first kappa shape index (κ1) is 54.9. The van der Waals surface area contributed by atoms with E-state index in [2.05, 4.69) is 68.5 Å². The zero-order valence-corrected chi connectivity index (χ0v) is 36.7. The number of phosphoric ester groups is 1. The Labute approximate surface area is 351 Å². The topological polar surface area (TPSA) is 155 Å². The van der Waals surface area contributed by atoms with Crippen LogP contribution in [0.15, 0.2) is 97.2 Å². The van der Waals surface area contributed by atoms with E-state index in [0.717, 1.165) is 44.9 Å². The van der Waals surface area contributed by atoms with Gasteiger partial charge in [-0.25, -0.2) is 4.57 Å². The predicted molar refractivity (Wildman–Crippen MR) is 239 cm³/mol. The molecular formula is C47H78NO9P. The Morgan fingerprint density at radius 3 is 1.71 bits per heavy atom. The third-order valence-electron chi connectivity index (χ3n) is 8.52. The highest BCUT2D eigenvalue weighted by Gasteiger charge is 2.25. The van der Waals surface area contributed by atoms with Crippen molar-refractivity contribution in [1.82, 2.24) is 0 Å². The average molecular weight is 832 g/mol. The summed E-state index contributed by atoms with van der Waals surface area (Å²) in [6, 6.07) is 0. The van der Waals surface area contributed by atoms with Crippen LogP contribution in [0.3, 0.4) is 0 Å². The van der Waals surface area contributed by atoms with Crippen molar-refractivity contribution in [3.05, 3.63) is 97.2 Å². The molecule has 0 aliphatic rings. The molecule has 4 N–H and O–H groups in total. The van der Waals surface area contributed by atoms with Crippen molar-refractivity contribution in [3.8, 4) is 0 Å². The first-order chi connectivity index (χ1) is 28.2. The van der Waals surface area contributed by atoms with Crippen LogP contribution < -0.4 is 5.73 Å². The lowest BCUT2D eigenvalue weighted by atomic mass is 10.1. The highest BCUT2D eigenvalue weighted by atomic mass is 31.2. The van der Waals surface area contributed by atoms with Crippen molar-refractivity contribution in [2.75, 3.05) is 26.4 Å². The van der Waals surface area contributed by atoms with E-state index in [0.29, 0.717) is 32.1 Å². The standard InChI is InChI=1S/C47H78NO9P/c1-3-5-7-9-11-12-13-14-15-16-17-18-19-20-21-22-26-30-34-38-46(50)54-42-45(43-56-58(52,53)55-41-40-48)57-47(51)39-35-31-27-23-25-29-33-37-44(49)36-32-28-24-10-8-6-4-2/h11-12,14-15,17-18,20-21,23-24,27-29,32-33,36,44-45,49H,3-10,13,16,19,22,25-26,30-31,34-35,37-43,48H2,1-2H3,(H,52,53)/b12-11-,15-14-,18-17-,21-20-,27-23+,28-24-,33-29-,36-32-/t44-,45+/m0/s1. The van der Waals surface area contributed by atoms with E-state index in [1.807, 2.05) is 36.5 Å². The van der Waals surface area contributed by atoms with E-state index in [1.54, 1.807) is 6.08 Å². The smallest absolute Gasteiger partial charge is 0.462 e. The van der Waals surface area contributed by atoms with Gasteiger partial charge in [-0.15, -0.1) is 0 Å². The van der Waals surface area contributed by atoms with Crippen LogP contribution in [0, 0.1) is 0 Å². The van der Waals surface area contributed by atoms with Gasteiger partial charge in [-0.1, -0.05) is 143 Å². The number of hydrogen-bond acceptors (Lipinski definition) is 9. The van der Waals surface area contributed by atoms with Gasteiger partial charge >= 0.3 is 19.8 Å². The molecule has 0 aromatic carbocycles. The van der Waals surface area contributed by atoms with Crippen LogP contribution >= 0.6 is 7.82 Å². The lowest BCUT2D eigenvalue weighted by molar-refractivity contribution is -0.161. The molecule has 10 nitrogen and oxygen atoms in total. The third kappa shape index (κ3) is 41.1. The van der Waals surface area contributed by atoms with Gasteiger partial charge in [-0.05, 0) is 89.9 Å². The van der Waals surface area contributed by atoms with E-state index < -0.39 is 38.6 Å². The van der Waals surface area contributed by atoms with Crippen molar-refractivity contribution in [1.29, 1.82) is 0 Å². The summed E-state index contributed by atoms with van der Waals surface area (Å²) in [7, 11) is -4.42. The Morgan fingerprint density at radius 2 is 1.12 bits per heavy atom. The van der Waals surface area contributed by atoms with Crippen LogP contribution in [-0.4, -0.2) is 60.5 Å². The van der Waals surface area contributed by atoms with E-state index in [9.17, 15) is 24.2 Å². The quantitative estimate of drug-likeness (QED) is 0.0179. The molecule has 0 rings (SSSR count). The number of aliphatic hydroxyl groups excluding tert-OH is 1. The Bertz CT molecular complexity index is 1280. The molecule has 0 bridgehead atoms. The summed E-state index contributed by atoms with van der Waals surface area (Å²) in [4.78, 5) is 34.9. The maximum atomic E-state index is 12.6. The number of nitrogens with two attached hydrogens (primary N) is 1. The van der Waals surface area contributed by atoms with Crippen molar-refractivity contribution in [2.45, 2.75) is 161 Å². The van der Waals surface area contributed by atoms with Gasteiger partial charge in [0.15, 0.2) is 6.10 Å². The summed E-state index contributed by atoms with van der Waals surface area (Å²) in [6.07, 6.45) is 50.4. The lowest BCUT2D eigenvalue weighted by Gasteiger charge is -2.19. The van der Waals surface area contributed by atoms with Gasteiger partial charge in [0.25, 0.3) is 0 Å². The number of allylic oxidation sites excluding steroid dienone is 14. The summed E-state index contributed by atoms with van der Waals surface area (Å²) in [5.74, 6) is -0.982. The summed E-state index contributed by atoms with van der Waals surface area (Å²) in [6.45, 7) is 3.45. The maximum Gasteiger partial charge on any atom is 0.472 e. The fourth-order valence-electron chi connectivity index (χ4n) is 5.22. The minimum atomic E-state index is -4.42. The van der Waals surface area contributed by atoms with Gasteiger partial charge in [-0.3, -0.25) is 18.6 Å². The Hall–Kier alpha value is -3.11. The molecule has 330 valence electrons. The second-order valence-electron chi connectivity index (χ2n) is 14.1. The number of aliphatic hydroxyl groups is 1. The summed E-state index contributed by atoms with van der Waals surface area (Å²) < 4.78 is 32.6. The maximum absolute atomic E-state index is 12.6. The summed E-state index contributed by atoms with van der Waals surface area (Å²) in [5.41, 5.74) is 5.34. The highest BCUT2D eigenvalue weighted by molar-refractivity contribution is 7.47. The predicted octanol–water partition coefficient (Wildman–Crippen LogP) is 11.6. The molecule has 0 aliphatic carbocycles. The van der Waals surface area contributed by atoms with Crippen LogP contribution in [0.25, 0.3) is 0 Å². The molecule has 0 aromatic heterocycles. The normalized spacial score (nSPS) is 14.8. The number of hydrogen-bond donors (Lipinski definition) is 3. The van der Waals surface area contributed by atoms with E-state index >= 15 is 0 Å². The number of esters is 2. The number of carbonyl (C=O) groups excluding carboxylic acids is 2. The Balaban J connectivity index is 4.39. The molecule has 0 amide bonds. The van der Waals surface area contributed by atoms with Crippen LogP contribution in [0.4, 0.5) is 0 Å². The first-order valence-corrected chi connectivity index (χ1v) is 23.3. The first-order valence-electron chi connectivity index (χ1n) is 21.8. The molecule has 58 heavy (non-hydrogen) atoms. The summed E-state index contributed by atoms with van der Waals surface area (Å²) in [5, 5.41) is 10.1. The average Bonchev–Trinajstić information content (AvgIpc) is 3.21. The molecule has 1 unspecified atom stereocenters. The van der Waals surface area contributed by atoms with Gasteiger partial charge < -0.3 is 25.2 Å². The molecule has 0 saturated carbocycles. The number of ether oxygens (including phenoxy) is 2. The van der Waals surface area contributed by atoms with Crippen molar-refractivity contribution in [2.24, 2.45) is 5.73 Å². The SMILES string of the molecule is CCCCC/C=C\C=C/[C@H](O)C/C=C\C/C=C/CCCC(=O)O[C@H](COC(=O)CCCCC/C=C\C/C=C\C/C=C\C/C=C\CCCCC)COP(=O)(O)OCCN. The zero-order valence-electron chi connectivity index (χ0n) is 35.8. The van der Waals surface area contributed by atoms with E-state index in [1.165, 1.54) is 44.9 Å². The van der Waals surface area contributed by atoms with Gasteiger partial charge in [-0.2, -0.15) is 0 Å². The monoisotopic (exact) mass is 832 g/mol. The molecule has 11 heteroatoms. The molecule has 0 aromatic rings. The fourth-order valence-corrected chi connectivity index (χ4v) is 5.98. The number of phosphoric acid groups is 1. The van der Waals surface area contributed by atoms with Gasteiger partial charge in [0.1, 0.15) is 6.61 Å². The van der Waals surface area contributed by atoms with Gasteiger partial charge in [0, 0.05) is 19.4 Å². The molecule has 3 atom stereocenters. The molecule has 0 saturated heterocycles. The van der Waals surface area contributed by atoms with Crippen molar-refractivity contribution in [3.63, 3.8) is 0 Å². The number of unbranched alkanes of at least 4 members (excludes halogenated alkanes) is 10. The number of carbonyl (C=O) groups is 2. The second-order valence-corrected chi connectivity index (χ2v) is 15.5. The molecule has 0 spiro atoms. The van der Waals surface area contributed by atoms with Gasteiger partial charge in [0.2, 0.25) is 0 Å². The van der Waals surface area contributed by atoms with E-state index in [4.69, 9.17) is 24.3 Å². The largest absolute Gasteiger partial charge is 0.472 e. The van der Waals surface area contributed by atoms with Crippen molar-refractivity contribution >= 4 is 19.8 Å². The Kier molecular flexibility index (Phi) is 39.8. The van der Waals surface area contributed by atoms with E-state index in [-0.39, 0.29) is 32.6 Å². The van der Waals surface area contributed by atoms with Crippen LogP contribution in [-0.2, 0) is 32.7 Å². The van der Waals surface area contributed by atoms with Crippen LogP contribution in [0.2, 0.25) is 0 Å². The molecule has 0 aliphatic heterocycles. The molecular weight excluding hydrogens is 753 g/mol. The molecule has 0 heterocycles. The number of rotatable bonds is 39. The molecule has 0 fully saturated rings. The highest BCUT2D eigenvalue weighted by Crippen LogP contribution is 2.43. The van der Waals surface area contributed by atoms with Crippen LogP contribution in [0.1, 0.15) is 149 Å². The van der Waals surface area contributed by atoms with Crippen molar-refractivity contribution < 1.29 is 42.7 Å². The van der Waals surface area contributed by atoms with Gasteiger partial charge in [0.05, 0.1) is 19.3 Å². The summed E-state index contributed by atoms with van der Waals surface area (Å²) >= 11 is 0. The zero-order chi connectivity index (χ0) is 42.6. The van der Waals surface area contributed by atoms with Crippen LogP contribution in [0.5, 0.6) is 0 Å². The Morgan fingerprint density at radius 1 is 0.603 bits per heavy atom.